The van der Waals surface area contributed by atoms with Crippen molar-refractivity contribution in [3.8, 4) is 23.0 Å². The Hall–Kier alpha value is -2.23. The molecule has 1 amide bonds. The van der Waals surface area contributed by atoms with E-state index >= 15 is 0 Å². The number of hydrogen-bond acceptors (Lipinski definition) is 7. The van der Waals surface area contributed by atoms with Crippen LogP contribution in [0.2, 0.25) is 0 Å². The molecule has 1 heterocycles. The minimum Gasteiger partial charge on any atom is -0.497 e. The van der Waals surface area contributed by atoms with Gasteiger partial charge in [-0.3, -0.25) is 4.79 Å². The summed E-state index contributed by atoms with van der Waals surface area (Å²) in [6.07, 6.45) is 1.75. The zero-order valence-electron chi connectivity index (χ0n) is 15.7. The summed E-state index contributed by atoms with van der Waals surface area (Å²) in [6.45, 7) is 0.690. The number of thiocarbonyl (C=S) groups is 1. The third-order valence-electron chi connectivity index (χ3n) is 3.85. The molecule has 2 aromatic rings. The molecule has 2 aromatic carbocycles. The fraction of sp³-hybridized carbons (Fsp3) is 0.200. The first-order chi connectivity index (χ1) is 14.0. The molecule has 3 rings (SSSR count). The number of carbonyl (C=O) groups excluding carboxylic acids is 1. The lowest BCUT2D eigenvalue weighted by Gasteiger charge is -2.14. The monoisotopic (exact) mass is 495 g/mol. The summed E-state index contributed by atoms with van der Waals surface area (Å²) in [5.41, 5.74) is 0.790. The number of nitrogens with one attached hydrogen (secondary N) is 1. The van der Waals surface area contributed by atoms with Crippen LogP contribution in [0, 0.1) is 0 Å². The average Bonchev–Trinajstić information content (AvgIpc) is 3.03. The van der Waals surface area contributed by atoms with Crippen LogP contribution in [0.25, 0.3) is 6.08 Å². The SMILES string of the molecule is COc1ccc(OCCOc2c(Br)cc(/C=C3\SC(=S)NC3=O)cc2OC)cc1. The van der Waals surface area contributed by atoms with Gasteiger partial charge in [-0.25, -0.2) is 0 Å². The van der Waals surface area contributed by atoms with Crippen molar-refractivity contribution in [3.63, 3.8) is 0 Å². The van der Waals surface area contributed by atoms with Crippen LogP contribution >= 0.6 is 39.9 Å². The largest absolute Gasteiger partial charge is 0.497 e. The molecule has 0 saturated carbocycles. The molecule has 0 aliphatic carbocycles. The molecule has 0 atom stereocenters. The van der Waals surface area contributed by atoms with Gasteiger partial charge in [0.25, 0.3) is 5.91 Å². The second-order valence-electron chi connectivity index (χ2n) is 5.76. The standard InChI is InChI=1S/C20H18BrNO5S2/c1-24-13-3-5-14(6-4-13)26-7-8-27-18-15(21)9-12(10-16(18)25-2)11-17-19(23)22-20(28)29-17/h3-6,9-11H,7-8H2,1-2H3,(H,22,23,28)/b17-11-. The van der Waals surface area contributed by atoms with Crippen molar-refractivity contribution >= 4 is 56.2 Å². The quantitative estimate of drug-likeness (QED) is 0.330. The number of methoxy groups -OCH3 is 2. The summed E-state index contributed by atoms with van der Waals surface area (Å²) in [5.74, 6) is 2.40. The summed E-state index contributed by atoms with van der Waals surface area (Å²) in [5, 5.41) is 2.59. The molecule has 1 aliphatic heterocycles. The van der Waals surface area contributed by atoms with Gasteiger partial charge in [-0.1, -0.05) is 24.0 Å². The van der Waals surface area contributed by atoms with Crippen molar-refractivity contribution in [2.75, 3.05) is 27.4 Å². The third-order valence-corrected chi connectivity index (χ3v) is 5.60. The highest BCUT2D eigenvalue weighted by molar-refractivity contribution is 9.10. The summed E-state index contributed by atoms with van der Waals surface area (Å²) >= 11 is 9.74. The van der Waals surface area contributed by atoms with E-state index in [2.05, 4.69) is 21.2 Å². The number of ether oxygens (including phenoxy) is 4. The van der Waals surface area contributed by atoms with Crippen LogP contribution in [0.5, 0.6) is 23.0 Å². The number of halogens is 1. The van der Waals surface area contributed by atoms with Gasteiger partial charge >= 0.3 is 0 Å². The van der Waals surface area contributed by atoms with E-state index < -0.39 is 0 Å². The van der Waals surface area contributed by atoms with Crippen molar-refractivity contribution in [3.05, 3.63) is 51.3 Å². The van der Waals surface area contributed by atoms with Crippen LogP contribution in [-0.4, -0.2) is 37.7 Å². The maximum Gasteiger partial charge on any atom is 0.263 e. The molecule has 0 bridgehead atoms. The van der Waals surface area contributed by atoms with E-state index in [0.29, 0.717) is 38.4 Å². The van der Waals surface area contributed by atoms with E-state index in [1.54, 1.807) is 26.4 Å². The lowest BCUT2D eigenvalue weighted by molar-refractivity contribution is -0.115. The predicted octanol–water partition coefficient (Wildman–Crippen LogP) is 4.41. The number of thioether (sulfide) groups is 1. The fourth-order valence-corrected chi connectivity index (χ4v) is 4.13. The maximum absolute atomic E-state index is 11.8. The van der Waals surface area contributed by atoms with Crippen molar-refractivity contribution in [1.82, 2.24) is 5.32 Å². The molecule has 29 heavy (non-hydrogen) atoms. The first kappa shape index (κ1) is 21.5. The molecule has 6 nitrogen and oxygen atoms in total. The van der Waals surface area contributed by atoms with Gasteiger partial charge in [0.2, 0.25) is 0 Å². The Kier molecular flexibility index (Phi) is 7.40. The normalized spacial score (nSPS) is 14.7. The molecule has 1 N–H and O–H groups in total. The number of amides is 1. The summed E-state index contributed by atoms with van der Waals surface area (Å²) < 4.78 is 23.2. The number of rotatable bonds is 8. The van der Waals surface area contributed by atoms with Gasteiger partial charge in [-0.05, 0) is 64.0 Å². The van der Waals surface area contributed by atoms with Crippen LogP contribution in [-0.2, 0) is 4.79 Å². The highest BCUT2D eigenvalue weighted by atomic mass is 79.9. The topological polar surface area (TPSA) is 66.0 Å². The lowest BCUT2D eigenvalue weighted by atomic mass is 10.2. The Morgan fingerprint density at radius 1 is 1.07 bits per heavy atom. The maximum atomic E-state index is 11.8. The van der Waals surface area contributed by atoms with Gasteiger partial charge in [-0.15, -0.1) is 0 Å². The average molecular weight is 496 g/mol. The smallest absolute Gasteiger partial charge is 0.263 e. The van der Waals surface area contributed by atoms with E-state index in [1.165, 1.54) is 11.8 Å². The molecule has 1 aliphatic rings. The molecule has 1 fully saturated rings. The van der Waals surface area contributed by atoms with Crippen LogP contribution < -0.4 is 24.3 Å². The Morgan fingerprint density at radius 3 is 2.38 bits per heavy atom. The number of hydrogen-bond donors (Lipinski definition) is 1. The molecular formula is C20H18BrNO5S2. The highest BCUT2D eigenvalue weighted by Gasteiger charge is 2.22. The second kappa shape index (κ2) is 10.00. The Balaban J connectivity index is 1.64. The van der Waals surface area contributed by atoms with Gasteiger partial charge < -0.3 is 24.3 Å². The molecular weight excluding hydrogens is 478 g/mol. The van der Waals surface area contributed by atoms with Crippen molar-refractivity contribution in [2.45, 2.75) is 0 Å². The first-order valence-corrected chi connectivity index (χ1v) is 10.5. The molecule has 1 saturated heterocycles. The minimum absolute atomic E-state index is 0.203. The van der Waals surface area contributed by atoms with Gasteiger partial charge in [0, 0.05) is 0 Å². The minimum atomic E-state index is -0.203. The summed E-state index contributed by atoms with van der Waals surface area (Å²) in [6, 6.07) is 11.0. The lowest BCUT2D eigenvalue weighted by Crippen LogP contribution is -2.17. The van der Waals surface area contributed by atoms with E-state index in [0.717, 1.165) is 17.1 Å². The summed E-state index contributed by atoms with van der Waals surface area (Å²) in [7, 11) is 3.18. The van der Waals surface area contributed by atoms with Crippen molar-refractivity contribution in [1.29, 1.82) is 0 Å². The fourth-order valence-electron chi connectivity index (χ4n) is 2.51. The van der Waals surface area contributed by atoms with Crippen LogP contribution in [0.1, 0.15) is 5.56 Å². The van der Waals surface area contributed by atoms with E-state index in [1.807, 2.05) is 30.3 Å². The zero-order valence-corrected chi connectivity index (χ0v) is 18.9. The molecule has 0 radical (unpaired) electrons. The third kappa shape index (κ3) is 5.65. The van der Waals surface area contributed by atoms with Crippen molar-refractivity contribution in [2.24, 2.45) is 0 Å². The molecule has 0 unspecified atom stereocenters. The van der Waals surface area contributed by atoms with Gasteiger partial charge in [0.1, 0.15) is 29.0 Å². The van der Waals surface area contributed by atoms with E-state index in [9.17, 15) is 4.79 Å². The predicted molar refractivity (Wildman–Crippen MR) is 121 cm³/mol. The van der Waals surface area contributed by atoms with Gasteiger partial charge in [-0.2, -0.15) is 0 Å². The zero-order chi connectivity index (χ0) is 20.8. The van der Waals surface area contributed by atoms with Gasteiger partial charge in [0.05, 0.1) is 23.6 Å². The molecule has 0 aromatic heterocycles. The highest BCUT2D eigenvalue weighted by Crippen LogP contribution is 2.38. The van der Waals surface area contributed by atoms with Crippen LogP contribution in [0.3, 0.4) is 0 Å². The molecule has 152 valence electrons. The number of carbonyl (C=O) groups is 1. The van der Waals surface area contributed by atoms with E-state index in [4.69, 9.17) is 31.2 Å². The molecule has 0 spiro atoms. The first-order valence-electron chi connectivity index (χ1n) is 8.52. The summed E-state index contributed by atoms with van der Waals surface area (Å²) in [4.78, 5) is 12.4. The van der Waals surface area contributed by atoms with E-state index in [-0.39, 0.29) is 5.91 Å². The van der Waals surface area contributed by atoms with Crippen molar-refractivity contribution < 1.29 is 23.7 Å². The Bertz CT molecular complexity index is 947. The van der Waals surface area contributed by atoms with Crippen LogP contribution in [0.4, 0.5) is 0 Å². The van der Waals surface area contributed by atoms with Gasteiger partial charge in [0.15, 0.2) is 11.5 Å². The van der Waals surface area contributed by atoms with Crippen LogP contribution in [0.15, 0.2) is 45.8 Å². The number of benzene rings is 2. The Morgan fingerprint density at radius 2 is 1.76 bits per heavy atom. The Labute approximate surface area is 186 Å². The second-order valence-corrected chi connectivity index (χ2v) is 8.33. The molecule has 9 heteroatoms.